The molecule has 1 heterocycles. The number of rotatable bonds is 7. The van der Waals surface area contributed by atoms with E-state index in [2.05, 4.69) is 4.74 Å². The summed E-state index contributed by atoms with van der Waals surface area (Å²) in [5, 5.41) is 7.50. The lowest BCUT2D eigenvalue weighted by Gasteiger charge is -2.32. The summed E-state index contributed by atoms with van der Waals surface area (Å²) in [7, 11) is -3.09. The summed E-state index contributed by atoms with van der Waals surface area (Å²) in [6.07, 6.45) is 1.71. The molecule has 1 aliphatic heterocycles. The number of esters is 1. The average Bonchev–Trinajstić information content (AvgIpc) is 2.76. The molecule has 180 valence electrons. The van der Waals surface area contributed by atoms with Crippen molar-refractivity contribution < 1.29 is 26.9 Å². The summed E-state index contributed by atoms with van der Waals surface area (Å²) >= 11 is 0. The van der Waals surface area contributed by atoms with Crippen LogP contribution in [0.3, 0.4) is 0 Å². The van der Waals surface area contributed by atoms with Gasteiger partial charge in [0.15, 0.2) is 5.96 Å². The largest absolute Gasteiger partial charge is 0.493 e. The topological polar surface area (TPSA) is 132 Å². The number of ether oxygens (including phenoxy) is 2. The Labute approximate surface area is 199 Å². The van der Waals surface area contributed by atoms with Gasteiger partial charge in [0.1, 0.15) is 16.4 Å². The number of aryl methyl sites for hydroxylation is 1. The van der Waals surface area contributed by atoms with Gasteiger partial charge in [-0.1, -0.05) is 12.1 Å². The molecule has 0 amide bonds. The number of nitrogens with zero attached hydrogens (tertiary/aromatic N) is 1. The number of piperidine rings is 1. The number of hydrogen-bond acceptors (Lipinski definition) is 7. The van der Waals surface area contributed by atoms with Crippen molar-refractivity contribution in [2.75, 3.05) is 26.8 Å². The van der Waals surface area contributed by atoms with Gasteiger partial charge in [0.2, 0.25) is 0 Å². The molecular weight excluding hydrogens is 470 g/mol. The molecule has 0 aromatic heterocycles. The van der Waals surface area contributed by atoms with Crippen molar-refractivity contribution in [1.29, 1.82) is 5.41 Å². The van der Waals surface area contributed by atoms with Crippen LogP contribution < -0.4 is 14.7 Å². The molecule has 3 N–H and O–H groups in total. The van der Waals surface area contributed by atoms with Gasteiger partial charge >= 0.3 is 16.1 Å². The van der Waals surface area contributed by atoms with E-state index in [4.69, 9.17) is 20.1 Å². The number of nitrogens with two attached hydrogens (primary N) is 1. The average molecular weight is 498 g/mol. The second-order valence-corrected chi connectivity index (χ2v) is 9.15. The van der Waals surface area contributed by atoms with Gasteiger partial charge in [-0.25, -0.2) is 4.79 Å². The van der Waals surface area contributed by atoms with Crippen LogP contribution in [0.15, 0.2) is 47.4 Å². The first-order valence-electron chi connectivity index (χ1n) is 10.1. The smallest absolute Gasteiger partial charge is 0.340 e. The number of benzene rings is 2. The highest BCUT2D eigenvalue weighted by atomic mass is 35.5. The van der Waals surface area contributed by atoms with Gasteiger partial charge in [0.05, 0.1) is 19.3 Å². The van der Waals surface area contributed by atoms with Crippen molar-refractivity contribution in [3.05, 3.63) is 53.6 Å². The van der Waals surface area contributed by atoms with Crippen molar-refractivity contribution in [2.24, 2.45) is 11.7 Å². The van der Waals surface area contributed by atoms with E-state index in [0.29, 0.717) is 31.4 Å². The van der Waals surface area contributed by atoms with Crippen molar-refractivity contribution in [1.82, 2.24) is 4.90 Å². The lowest BCUT2D eigenvalue weighted by Crippen LogP contribution is -2.43. The Kier molecular flexibility index (Phi) is 8.95. The number of likely N-dealkylation sites (tertiary alicyclic amines) is 1. The highest BCUT2D eigenvalue weighted by Crippen LogP contribution is 2.28. The number of hydrogen-bond donors (Lipinski definition) is 2. The maximum Gasteiger partial charge on any atom is 0.340 e. The number of halogens is 1. The Morgan fingerprint density at radius 1 is 1.15 bits per heavy atom. The quantitative estimate of drug-likeness (QED) is 0.258. The van der Waals surface area contributed by atoms with Gasteiger partial charge in [0.25, 0.3) is 0 Å². The van der Waals surface area contributed by atoms with E-state index in [-0.39, 0.29) is 34.6 Å². The minimum Gasteiger partial charge on any atom is -0.493 e. The molecule has 1 aliphatic rings. The molecule has 0 saturated carbocycles. The van der Waals surface area contributed by atoms with Crippen LogP contribution in [0.25, 0.3) is 0 Å². The molecule has 33 heavy (non-hydrogen) atoms. The molecule has 1 saturated heterocycles. The maximum atomic E-state index is 12.9. The minimum atomic E-state index is -4.28. The molecule has 11 heteroatoms. The third-order valence-electron chi connectivity index (χ3n) is 5.23. The Hall–Kier alpha value is -2.98. The van der Waals surface area contributed by atoms with Crippen LogP contribution in [0.5, 0.6) is 11.5 Å². The molecule has 0 unspecified atom stereocenters. The van der Waals surface area contributed by atoms with Crippen molar-refractivity contribution in [2.45, 2.75) is 24.7 Å². The summed E-state index contributed by atoms with van der Waals surface area (Å²) < 4.78 is 41.6. The van der Waals surface area contributed by atoms with Gasteiger partial charge in [-0.05, 0) is 55.5 Å². The molecule has 2 aromatic rings. The minimum absolute atomic E-state index is 0. The summed E-state index contributed by atoms with van der Waals surface area (Å²) in [4.78, 5) is 13.5. The predicted octanol–water partition coefficient (Wildman–Crippen LogP) is 2.96. The normalized spacial score (nSPS) is 14.2. The molecule has 0 bridgehead atoms. The van der Waals surface area contributed by atoms with Gasteiger partial charge < -0.3 is 24.3 Å². The van der Waals surface area contributed by atoms with Crippen LogP contribution in [0.1, 0.15) is 28.8 Å². The monoisotopic (exact) mass is 497 g/mol. The number of guanidine groups is 1. The standard InChI is InChI=1S/C22H27N3O6S.ClH/c1-15-11-17(30-14-16-7-9-25(10-8-16)22(23)24)13-18(12-15)31-32(27,28)20-6-4-3-5-19(20)21(26)29-2;/h3-6,11-13,16H,7-10,14H2,1-2H3,(H3,23,24);1H. The fourth-order valence-electron chi connectivity index (χ4n) is 3.53. The third-order valence-corrected chi connectivity index (χ3v) is 6.54. The third kappa shape index (κ3) is 6.75. The van der Waals surface area contributed by atoms with E-state index in [1.165, 1.54) is 31.4 Å². The van der Waals surface area contributed by atoms with E-state index in [0.717, 1.165) is 18.4 Å². The van der Waals surface area contributed by atoms with E-state index in [1.54, 1.807) is 25.1 Å². The molecule has 0 atom stereocenters. The molecule has 0 aliphatic carbocycles. The van der Waals surface area contributed by atoms with Gasteiger partial charge in [-0.2, -0.15) is 8.42 Å². The van der Waals surface area contributed by atoms with Crippen LogP contribution in [-0.4, -0.2) is 52.1 Å². The second-order valence-electron chi connectivity index (χ2n) is 7.63. The van der Waals surface area contributed by atoms with Crippen LogP contribution in [0.4, 0.5) is 0 Å². The zero-order chi connectivity index (χ0) is 23.3. The number of carbonyl (C=O) groups is 1. The van der Waals surface area contributed by atoms with Crippen molar-refractivity contribution in [3.8, 4) is 11.5 Å². The number of methoxy groups -OCH3 is 1. The lowest BCUT2D eigenvalue weighted by molar-refractivity contribution is 0.0596. The summed E-state index contributed by atoms with van der Waals surface area (Å²) in [6, 6.07) is 10.6. The molecule has 0 spiro atoms. The first kappa shape index (κ1) is 26.3. The zero-order valence-corrected chi connectivity index (χ0v) is 20.1. The summed E-state index contributed by atoms with van der Waals surface area (Å²) in [5.74, 6) is 0.208. The maximum absolute atomic E-state index is 12.9. The Morgan fingerprint density at radius 2 is 1.79 bits per heavy atom. The van der Waals surface area contributed by atoms with Crippen molar-refractivity contribution >= 4 is 34.5 Å². The van der Waals surface area contributed by atoms with E-state index in [1.807, 2.05) is 4.90 Å². The van der Waals surface area contributed by atoms with Crippen LogP contribution in [0, 0.1) is 18.3 Å². The highest BCUT2D eigenvalue weighted by molar-refractivity contribution is 7.87. The molecule has 3 rings (SSSR count). The second kappa shape index (κ2) is 11.2. The number of carbonyl (C=O) groups excluding carboxylic acids is 1. The van der Waals surface area contributed by atoms with Crippen LogP contribution in [0.2, 0.25) is 0 Å². The molecule has 9 nitrogen and oxygen atoms in total. The highest BCUT2D eigenvalue weighted by Gasteiger charge is 2.25. The Balaban J connectivity index is 0.00000385. The molecular formula is C22H28ClN3O6S. The Morgan fingerprint density at radius 3 is 2.42 bits per heavy atom. The molecule has 0 radical (unpaired) electrons. The summed E-state index contributed by atoms with van der Waals surface area (Å²) in [6.45, 7) is 3.69. The van der Waals surface area contributed by atoms with E-state index < -0.39 is 16.1 Å². The fourth-order valence-corrected chi connectivity index (χ4v) is 4.64. The lowest BCUT2D eigenvalue weighted by atomic mass is 9.98. The molecule has 2 aromatic carbocycles. The first-order chi connectivity index (χ1) is 15.2. The van der Waals surface area contributed by atoms with Gasteiger partial charge in [-0.15, -0.1) is 12.4 Å². The van der Waals surface area contributed by atoms with Crippen LogP contribution in [-0.2, 0) is 14.9 Å². The molecule has 1 fully saturated rings. The fraction of sp³-hybridized carbons (Fsp3) is 0.364. The van der Waals surface area contributed by atoms with E-state index in [9.17, 15) is 13.2 Å². The zero-order valence-electron chi connectivity index (χ0n) is 18.4. The SMILES string of the molecule is COC(=O)c1ccccc1S(=O)(=O)Oc1cc(C)cc(OCC2CCN(C(=N)N)CC2)c1.Cl. The van der Waals surface area contributed by atoms with Crippen molar-refractivity contribution in [3.63, 3.8) is 0 Å². The van der Waals surface area contributed by atoms with E-state index >= 15 is 0 Å². The van der Waals surface area contributed by atoms with Gasteiger partial charge in [-0.3, -0.25) is 5.41 Å². The summed E-state index contributed by atoms with van der Waals surface area (Å²) in [5.41, 5.74) is 6.19. The first-order valence-corrected chi connectivity index (χ1v) is 11.6. The number of nitrogens with one attached hydrogen (secondary N) is 1. The van der Waals surface area contributed by atoms with Crippen LogP contribution >= 0.6 is 12.4 Å². The van der Waals surface area contributed by atoms with Gasteiger partial charge in [0, 0.05) is 19.2 Å². The predicted molar refractivity (Wildman–Crippen MR) is 126 cm³/mol. The Bertz CT molecular complexity index is 1100.